The summed E-state index contributed by atoms with van der Waals surface area (Å²) in [6.45, 7) is 3.20. The molecule has 0 fully saturated rings. The van der Waals surface area contributed by atoms with Gasteiger partial charge in [-0.25, -0.2) is 0 Å². The van der Waals surface area contributed by atoms with Crippen molar-refractivity contribution in [1.82, 2.24) is 20.5 Å². The normalized spacial score (nSPS) is 10.2. The molecule has 2 heterocycles. The number of nitrogens with one attached hydrogen (secondary N) is 3. The van der Waals surface area contributed by atoms with Gasteiger partial charge in [-0.15, -0.1) is 10.2 Å². The predicted octanol–water partition coefficient (Wildman–Crippen LogP) is 1.21. The molecule has 6 nitrogen and oxygen atoms in total. The first kappa shape index (κ1) is 13.1. The van der Waals surface area contributed by atoms with E-state index in [2.05, 4.69) is 25.8 Å². The van der Waals surface area contributed by atoms with E-state index in [9.17, 15) is 4.79 Å². The van der Waals surface area contributed by atoms with Gasteiger partial charge in [0.2, 0.25) is 0 Å². The van der Waals surface area contributed by atoms with Crippen LogP contribution in [0, 0.1) is 0 Å². The van der Waals surface area contributed by atoms with Crippen LogP contribution in [0.5, 0.6) is 0 Å². The third-order valence-corrected chi connectivity index (χ3v) is 2.60. The summed E-state index contributed by atoms with van der Waals surface area (Å²) in [5.41, 5.74) is 1.50. The SMILES string of the molecule is CCNC(=O)c1ccc(NCCc2ccc[nH]2)nn1. The van der Waals surface area contributed by atoms with Crippen molar-refractivity contribution < 1.29 is 4.79 Å². The van der Waals surface area contributed by atoms with Crippen LogP contribution in [0.2, 0.25) is 0 Å². The fraction of sp³-hybridized carbons (Fsp3) is 0.308. The lowest BCUT2D eigenvalue weighted by Crippen LogP contribution is -2.24. The Morgan fingerprint density at radius 3 is 2.84 bits per heavy atom. The number of aromatic amines is 1. The summed E-state index contributed by atoms with van der Waals surface area (Å²) in [4.78, 5) is 14.6. The van der Waals surface area contributed by atoms with Gasteiger partial charge in [0.1, 0.15) is 5.82 Å². The molecular weight excluding hydrogens is 242 g/mol. The highest BCUT2D eigenvalue weighted by Gasteiger charge is 2.06. The first-order chi connectivity index (χ1) is 9.29. The fourth-order valence-corrected chi connectivity index (χ4v) is 1.65. The molecule has 2 rings (SSSR count). The van der Waals surface area contributed by atoms with Crippen molar-refractivity contribution in [3.05, 3.63) is 41.9 Å². The summed E-state index contributed by atoms with van der Waals surface area (Å²) in [6.07, 6.45) is 2.78. The van der Waals surface area contributed by atoms with E-state index in [1.807, 2.05) is 25.3 Å². The number of hydrogen-bond acceptors (Lipinski definition) is 4. The van der Waals surface area contributed by atoms with Crippen LogP contribution >= 0.6 is 0 Å². The minimum absolute atomic E-state index is 0.201. The van der Waals surface area contributed by atoms with Crippen LogP contribution in [-0.2, 0) is 6.42 Å². The van der Waals surface area contributed by atoms with Gasteiger partial charge < -0.3 is 15.6 Å². The summed E-state index contributed by atoms with van der Waals surface area (Å²) in [5, 5.41) is 13.7. The molecule has 0 aliphatic rings. The second-order valence-corrected chi connectivity index (χ2v) is 4.04. The maximum Gasteiger partial charge on any atom is 0.271 e. The van der Waals surface area contributed by atoms with Crippen molar-refractivity contribution in [3.63, 3.8) is 0 Å². The Kier molecular flexibility index (Phi) is 4.49. The van der Waals surface area contributed by atoms with E-state index in [0.29, 0.717) is 18.1 Å². The van der Waals surface area contributed by atoms with Crippen LogP contribution in [0.3, 0.4) is 0 Å². The molecule has 0 aliphatic carbocycles. The van der Waals surface area contributed by atoms with Gasteiger partial charge in [-0.3, -0.25) is 4.79 Å². The Morgan fingerprint density at radius 2 is 2.21 bits per heavy atom. The number of hydrogen-bond donors (Lipinski definition) is 3. The van der Waals surface area contributed by atoms with Gasteiger partial charge in [-0.05, 0) is 31.2 Å². The summed E-state index contributed by atoms with van der Waals surface area (Å²) in [6, 6.07) is 7.42. The summed E-state index contributed by atoms with van der Waals surface area (Å²) < 4.78 is 0. The van der Waals surface area contributed by atoms with E-state index < -0.39 is 0 Å². The minimum Gasteiger partial charge on any atom is -0.368 e. The lowest BCUT2D eigenvalue weighted by Gasteiger charge is -2.05. The van der Waals surface area contributed by atoms with E-state index in [-0.39, 0.29) is 5.91 Å². The molecule has 100 valence electrons. The second-order valence-electron chi connectivity index (χ2n) is 4.04. The smallest absolute Gasteiger partial charge is 0.271 e. The van der Waals surface area contributed by atoms with Gasteiger partial charge >= 0.3 is 0 Å². The van der Waals surface area contributed by atoms with Crippen LogP contribution in [0.15, 0.2) is 30.5 Å². The highest BCUT2D eigenvalue weighted by Crippen LogP contribution is 2.03. The van der Waals surface area contributed by atoms with E-state index in [0.717, 1.165) is 13.0 Å². The van der Waals surface area contributed by atoms with Crippen LogP contribution in [0.1, 0.15) is 23.1 Å². The van der Waals surface area contributed by atoms with E-state index in [1.54, 1.807) is 12.1 Å². The monoisotopic (exact) mass is 259 g/mol. The number of H-pyrrole nitrogens is 1. The molecule has 3 N–H and O–H groups in total. The van der Waals surface area contributed by atoms with E-state index >= 15 is 0 Å². The van der Waals surface area contributed by atoms with Gasteiger partial charge in [-0.2, -0.15) is 0 Å². The third kappa shape index (κ3) is 3.80. The van der Waals surface area contributed by atoms with Gasteiger partial charge in [-0.1, -0.05) is 0 Å². The molecule has 2 aromatic heterocycles. The first-order valence-corrected chi connectivity index (χ1v) is 6.27. The molecule has 0 bridgehead atoms. The number of anilines is 1. The Labute approximate surface area is 111 Å². The molecule has 0 unspecified atom stereocenters. The Bertz CT molecular complexity index is 506. The highest BCUT2D eigenvalue weighted by molar-refractivity contribution is 5.92. The van der Waals surface area contributed by atoms with Crippen molar-refractivity contribution in [2.45, 2.75) is 13.3 Å². The zero-order valence-electron chi connectivity index (χ0n) is 10.8. The number of aromatic nitrogens is 3. The Morgan fingerprint density at radius 1 is 1.32 bits per heavy atom. The largest absolute Gasteiger partial charge is 0.368 e. The number of carbonyl (C=O) groups is 1. The van der Waals surface area contributed by atoms with Gasteiger partial charge in [0.25, 0.3) is 5.91 Å². The fourth-order valence-electron chi connectivity index (χ4n) is 1.65. The Hall–Kier alpha value is -2.37. The standard InChI is InChI=1S/C13H17N5O/c1-2-14-13(19)11-5-6-12(18-17-11)16-9-7-10-4-3-8-15-10/h3-6,8,15H,2,7,9H2,1H3,(H,14,19)(H,16,18). The van der Waals surface area contributed by atoms with Crippen molar-refractivity contribution in [3.8, 4) is 0 Å². The number of rotatable bonds is 6. The topological polar surface area (TPSA) is 82.7 Å². The Balaban J connectivity index is 1.83. The van der Waals surface area contributed by atoms with E-state index in [1.165, 1.54) is 5.69 Å². The maximum absolute atomic E-state index is 11.5. The molecule has 0 saturated carbocycles. The molecule has 0 aromatic carbocycles. The zero-order chi connectivity index (χ0) is 13.5. The molecule has 2 aromatic rings. The zero-order valence-corrected chi connectivity index (χ0v) is 10.8. The molecule has 0 radical (unpaired) electrons. The van der Waals surface area contributed by atoms with Gasteiger partial charge in [0.15, 0.2) is 5.69 Å². The molecule has 0 atom stereocenters. The van der Waals surface area contributed by atoms with Crippen molar-refractivity contribution in [1.29, 1.82) is 0 Å². The van der Waals surface area contributed by atoms with E-state index in [4.69, 9.17) is 0 Å². The minimum atomic E-state index is -0.201. The molecule has 0 saturated heterocycles. The number of nitrogens with zero attached hydrogens (tertiary/aromatic N) is 2. The van der Waals surface area contributed by atoms with Crippen LogP contribution in [0.4, 0.5) is 5.82 Å². The molecule has 1 amide bonds. The van der Waals surface area contributed by atoms with Crippen LogP contribution in [-0.4, -0.2) is 34.2 Å². The van der Waals surface area contributed by atoms with Gasteiger partial charge in [0.05, 0.1) is 0 Å². The number of carbonyl (C=O) groups excluding carboxylic acids is 1. The van der Waals surface area contributed by atoms with Crippen molar-refractivity contribution >= 4 is 11.7 Å². The van der Waals surface area contributed by atoms with Gasteiger partial charge in [0, 0.05) is 31.4 Å². The first-order valence-electron chi connectivity index (χ1n) is 6.27. The third-order valence-electron chi connectivity index (χ3n) is 2.60. The lowest BCUT2D eigenvalue weighted by molar-refractivity contribution is 0.0950. The molecule has 19 heavy (non-hydrogen) atoms. The average molecular weight is 259 g/mol. The maximum atomic E-state index is 11.5. The summed E-state index contributed by atoms with van der Waals surface area (Å²) in [7, 11) is 0. The van der Waals surface area contributed by atoms with Crippen LogP contribution in [0.25, 0.3) is 0 Å². The van der Waals surface area contributed by atoms with Crippen LogP contribution < -0.4 is 10.6 Å². The molecule has 0 spiro atoms. The molecule has 0 aliphatic heterocycles. The molecular formula is C13H17N5O. The number of amides is 1. The molecule has 6 heteroatoms. The predicted molar refractivity (Wildman–Crippen MR) is 73.0 cm³/mol. The lowest BCUT2D eigenvalue weighted by atomic mass is 10.3. The highest BCUT2D eigenvalue weighted by atomic mass is 16.1. The quantitative estimate of drug-likeness (QED) is 0.728. The van der Waals surface area contributed by atoms with Crippen molar-refractivity contribution in [2.24, 2.45) is 0 Å². The summed E-state index contributed by atoms with van der Waals surface area (Å²) >= 11 is 0. The second kappa shape index (κ2) is 6.53. The average Bonchev–Trinajstić information content (AvgIpc) is 2.93. The summed E-state index contributed by atoms with van der Waals surface area (Å²) in [5.74, 6) is 0.465. The van der Waals surface area contributed by atoms with Crippen molar-refractivity contribution in [2.75, 3.05) is 18.4 Å².